The van der Waals surface area contributed by atoms with Crippen LogP contribution in [0.3, 0.4) is 0 Å². The summed E-state index contributed by atoms with van der Waals surface area (Å²) in [6, 6.07) is 14.6. The lowest BCUT2D eigenvalue weighted by Crippen LogP contribution is -2.19. The minimum Gasteiger partial charge on any atom is -0.383 e. The number of nitrogens with two attached hydrogens (primary N) is 1. The number of thiophene rings is 1. The molecule has 4 aromatic rings. The molecule has 140 valence electrons. The van der Waals surface area contributed by atoms with E-state index in [1.807, 2.05) is 54.8 Å². The molecule has 2 heterocycles. The largest absolute Gasteiger partial charge is 0.383 e. The van der Waals surface area contributed by atoms with Crippen molar-refractivity contribution >= 4 is 56.2 Å². The number of rotatable bonds is 3. The number of benzene rings is 2. The van der Waals surface area contributed by atoms with Crippen LogP contribution in [0.2, 0.25) is 5.02 Å². The van der Waals surface area contributed by atoms with Gasteiger partial charge in [-0.25, -0.2) is 9.78 Å². The van der Waals surface area contributed by atoms with Gasteiger partial charge in [-0.05, 0) is 48.2 Å². The molecule has 0 unspecified atom stereocenters. The number of halogens is 1. The number of nitrogen functional groups attached to an aromatic ring is 1. The number of nitrogens with one attached hydrogen (secondary N) is 2. The van der Waals surface area contributed by atoms with Crippen molar-refractivity contribution in [1.29, 1.82) is 0 Å². The van der Waals surface area contributed by atoms with Crippen molar-refractivity contribution in [3.8, 4) is 11.1 Å². The molecular formula is C21H17ClN4OS. The Morgan fingerprint density at radius 2 is 1.86 bits per heavy atom. The molecule has 2 aromatic heterocycles. The van der Waals surface area contributed by atoms with Crippen molar-refractivity contribution in [3.63, 3.8) is 0 Å². The SMILES string of the molecule is Cc1cccc(NC(=O)Nc2ccc(-c3csc4ccnc(N)c34)c(Cl)c2)c1. The number of nitrogens with zero attached hydrogens (tertiary/aromatic N) is 1. The number of aromatic nitrogens is 1. The number of hydrogen-bond donors (Lipinski definition) is 3. The normalized spacial score (nSPS) is 10.8. The standard InChI is InChI=1S/C21H17ClN4OS/c1-12-3-2-4-13(9-12)25-21(27)26-14-5-6-15(17(22)10-14)16-11-28-18-7-8-24-20(23)19(16)18/h2-11H,1H3,(H2,23,24)(H2,25,26,27). The topological polar surface area (TPSA) is 80.0 Å². The quantitative estimate of drug-likeness (QED) is 0.380. The lowest BCUT2D eigenvalue weighted by Gasteiger charge is -2.10. The first-order chi connectivity index (χ1) is 13.5. The monoisotopic (exact) mass is 408 g/mol. The summed E-state index contributed by atoms with van der Waals surface area (Å²) in [6.07, 6.45) is 1.69. The molecule has 0 spiro atoms. The molecule has 0 bridgehead atoms. The fraction of sp³-hybridized carbons (Fsp3) is 0.0476. The number of aryl methyl sites for hydroxylation is 1. The summed E-state index contributed by atoms with van der Waals surface area (Å²) in [4.78, 5) is 16.4. The van der Waals surface area contributed by atoms with Crippen LogP contribution >= 0.6 is 22.9 Å². The highest BCUT2D eigenvalue weighted by atomic mass is 35.5. The molecule has 4 N–H and O–H groups in total. The van der Waals surface area contributed by atoms with Gasteiger partial charge in [0.25, 0.3) is 0 Å². The Balaban J connectivity index is 1.57. The molecule has 2 amide bonds. The molecule has 0 saturated carbocycles. The zero-order valence-corrected chi connectivity index (χ0v) is 16.6. The van der Waals surface area contributed by atoms with E-state index >= 15 is 0 Å². The molecule has 7 heteroatoms. The van der Waals surface area contributed by atoms with Crippen LogP contribution in [0, 0.1) is 6.92 Å². The van der Waals surface area contributed by atoms with Gasteiger partial charge in [-0.1, -0.05) is 29.8 Å². The summed E-state index contributed by atoms with van der Waals surface area (Å²) < 4.78 is 1.05. The number of carbonyl (C=O) groups excluding carboxylic acids is 1. The second-order valence-corrected chi connectivity index (χ2v) is 7.68. The van der Waals surface area contributed by atoms with Gasteiger partial charge < -0.3 is 16.4 Å². The third-order valence-electron chi connectivity index (χ3n) is 4.31. The molecule has 0 aliphatic heterocycles. The van der Waals surface area contributed by atoms with Crippen LogP contribution in [0.15, 0.2) is 60.1 Å². The number of urea groups is 1. The first kappa shape index (κ1) is 18.3. The Bertz CT molecular complexity index is 1190. The summed E-state index contributed by atoms with van der Waals surface area (Å²) in [5.41, 5.74) is 10.2. The van der Waals surface area contributed by atoms with E-state index in [4.69, 9.17) is 17.3 Å². The van der Waals surface area contributed by atoms with Crippen molar-refractivity contribution in [1.82, 2.24) is 4.98 Å². The van der Waals surface area contributed by atoms with Gasteiger partial charge >= 0.3 is 6.03 Å². The molecule has 0 aliphatic rings. The zero-order valence-electron chi connectivity index (χ0n) is 15.0. The smallest absolute Gasteiger partial charge is 0.323 e. The molecule has 28 heavy (non-hydrogen) atoms. The van der Waals surface area contributed by atoms with E-state index in [2.05, 4.69) is 15.6 Å². The molecule has 0 saturated heterocycles. The van der Waals surface area contributed by atoms with Crippen molar-refractivity contribution in [2.45, 2.75) is 6.92 Å². The summed E-state index contributed by atoms with van der Waals surface area (Å²) in [6.45, 7) is 1.97. The van der Waals surface area contributed by atoms with Crippen LogP contribution in [-0.4, -0.2) is 11.0 Å². The lowest BCUT2D eigenvalue weighted by atomic mass is 10.0. The maximum absolute atomic E-state index is 12.2. The van der Waals surface area contributed by atoms with E-state index in [0.717, 1.165) is 32.5 Å². The second kappa shape index (κ2) is 7.50. The van der Waals surface area contributed by atoms with Crippen LogP contribution < -0.4 is 16.4 Å². The van der Waals surface area contributed by atoms with Crippen LogP contribution in [0.4, 0.5) is 22.0 Å². The molecular weight excluding hydrogens is 392 g/mol. The van der Waals surface area contributed by atoms with E-state index < -0.39 is 0 Å². The molecule has 0 atom stereocenters. The van der Waals surface area contributed by atoms with Crippen molar-refractivity contribution < 1.29 is 4.79 Å². The maximum Gasteiger partial charge on any atom is 0.323 e. The Kier molecular flexibility index (Phi) is 4.90. The predicted molar refractivity (Wildman–Crippen MR) is 118 cm³/mol. The predicted octanol–water partition coefficient (Wildman–Crippen LogP) is 6.15. The Hall–Kier alpha value is -3.09. The number of anilines is 3. The number of carbonyl (C=O) groups is 1. The molecule has 2 aromatic carbocycles. The lowest BCUT2D eigenvalue weighted by molar-refractivity contribution is 0.262. The summed E-state index contributed by atoms with van der Waals surface area (Å²) >= 11 is 8.10. The second-order valence-electron chi connectivity index (χ2n) is 6.36. The van der Waals surface area contributed by atoms with E-state index in [1.165, 1.54) is 0 Å². The third kappa shape index (κ3) is 3.65. The van der Waals surface area contributed by atoms with E-state index in [9.17, 15) is 4.79 Å². The fourth-order valence-electron chi connectivity index (χ4n) is 3.04. The van der Waals surface area contributed by atoms with Crippen LogP contribution in [0.25, 0.3) is 21.2 Å². The van der Waals surface area contributed by atoms with Crippen molar-refractivity contribution in [3.05, 3.63) is 70.7 Å². The third-order valence-corrected chi connectivity index (χ3v) is 5.57. The van der Waals surface area contributed by atoms with E-state index in [1.54, 1.807) is 23.6 Å². The van der Waals surface area contributed by atoms with Gasteiger partial charge in [0, 0.05) is 38.8 Å². The molecule has 0 aliphatic carbocycles. The van der Waals surface area contributed by atoms with E-state index in [-0.39, 0.29) is 6.03 Å². The highest BCUT2D eigenvalue weighted by molar-refractivity contribution is 7.17. The minimum absolute atomic E-state index is 0.330. The zero-order chi connectivity index (χ0) is 19.7. The van der Waals surface area contributed by atoms with Gasteiger partial charge in [0.2, 0.25) is 0 Å². The number of fused-ring (bicyclic) bond motifs is 1. The van der Waals surface area contributed by atoms with Crippen LogP contribution in [-0.2, 0) is 0 Å². The Labute approximate surface area is 171 Å². The molecule has 5 nitrogen and oxygen atoms in total. The van der Waals surface area contributed by atoms with E-state index in [0.29, 0.717) is 16.5 Å². The fourth-order valence-corrected chi connectivity index (χ4v) is 4.28. The molecule has 0 fully saturated rings. The maximum atomic E-state index is 12.2. The van der Waals surface area contributed by atoms with Crippen molar-refractivity contribution in [2.24, 2.45) is 0 Å². The van der Waals surface area contributed by atoms with Gasteiger partial charge in [0.15, 0.2) is 0 Å². The number of pyridine rings is 1. The summed E-state index contributed by atoms with van der Waals surface area (Å²) in [5.74, 6) is 0.476. The van der Waals surface area contributed by atoms with Crippen LogP contribution in [0.5, 0.6) is 0 Å². The minimum atomic E-state index is -0.330. The number of amides is 2. The molecule has 4 rings (SSSR count). The van der Waals surface area contributed by atoms with Gasteiger partial charge in [0.05, 0.1) is 5.02 Å². The van der Waals surface area contributed by atoms with Gasteiger partial charge in [0.1, 0.15) is 5.82 Å². The summed E-state index contributed by atoms with van der Waals surface area (Å²) in [5, 5.41) is 9.05. The highest BCUT2D eigenvalue weighted by Crippen LogP contribution is 2.40. The van der Waals surface area contributed by atoms with Gasteiger partial charge in [-0.15, -0.1) is 11.3 Å². The highest BCUT2D eigenvalue weighted by Gasteiger charge is 2.14. The average molecular weight is 409 g/mol. The van der Waals surface area contributed by atoms with Crippen LogP contribution in [0.1, 0.15) is 5.56 Å². The average Bonchev–Trinajstić information content (AvgIpc) is 3.07. The first-order valence-corrected chi connectivity index (χ1v) is 9.83. The number of hydrogen-bond acceptors (Lipinski definition) is 4. The van der Waals surface area contributed by atoms with Gasteiger partial charge in [-0.2, -0.15) is 0 Å². The van der Waals surface area contributed by atoms with Gasteiger partial charge in [-0.3, -0.25) is 0 Å². The Morgan fingerprint density at radius 1 is 1.07 bits per heavy atom. The molecule has 0 radical (unpaired) electrons. The van der Waals surface area contributed by atoms with Crippen molar-refractivity contribution in [2.75, 3.05) is 16.4 Å². The Morgan fingerprint density at radius 3 is 2.61 bits per heavy atom. The first-order valence-electron chi connectivity index (χ1n) is 8.57. The summed E-state index contributed by atoms with van der Waals surface area (Å²) in [7, 11) is 0.